The fourth-order valence-electron chi connectivity index (χ4n) is 4.07. The minimum absolute atomic E-state index is 0.0369. The third-order valence-corrected chi connectivity index (χ3v) is 9.22. The first kappa shape index (κ1) is 29.7. The molecule has 0 unspecified atom stereocenters. The molecule has 2 N–H and O–H groups in total. The highest BCUT2D eigenvalue weighted by molar-refractivity contribution is 7.92. The van der Waals surface area contributed by atoms with Crippen molar-refractivity contribution < 1.29 is 36.2 Å². The molecule has 0 saturated heterocycles. The third kappa shape index (κ3) is 7.16. The number of amides is 1. The molecule has 2 aromatic carbocycles. The van der Waals surface area contributed by atoms with E-state index in [-0.39, 0.29) is 48.5 Å². The summed E-state index contributed by atoms with van der Waals surface area (Å²) < 4.78 is 65.1. The van der Waals surface area contributed by atoms with Crippen LogP contribution in [0.5, 0.6) is 11.5 Å². The molecule has 0 saturated carbocycles. The van der Waals surface area contributed by atoms with Gasteiger partial charge in [-0.3, -0.25) is 9.52 Å². The zero-order valence-corrected chi connectivity index (χ0v) is 23.8. The molecule has 0 bridgehead atoms. The number of nitrogens with zero attached hydrogens (tertiary/aromatic N) is 2. The summed E-state index contributed by atoms with van der Waals surface area (Å²) in [7, 11) is -4.48. The summed E-state index contributed by atoms with van der Waals surface area (Å²) in [6.45, 7) is 3.62. The number of hydrogen-bond donors (Lipinski definition) is 2. The maximum absolute atomic E-state index is 13.3. The second kappa shape index (κ2) is 11.9. The number of methoxy groups -OCH3 is 1. The number of anilines is 1. The molecule has 0 aromatic heterocycles. The Morgan fingerprint density at radius 3 is 2.42 bits per heavy atom. The molecule has 13 heteroatoms. The van der Waals surface area contributed by atoms with Gasteiger partial charge in [0.15, 0.2) is 0 Å². The molecule has 3 atom stereocenters. The number of likely N-dealkylation sites (N-methyl/N-ethyl adjacent to an activating group) is 1. The lowest BCUT2D eigenvalue weighted by Gasteiger charge is -2.33. The van der Waals surface area contributed by atoms with E-state index in [0.717, 1.165) is 6.26 Å². The van der Waals surface area contributed by atoms with Crippen LogP contribution in [0.4, 0.5) is 5.69 Å². The molecule has 0 spiro atoms. The number of benzene rings is 2. The zero-order chi connectivity index (χ0) is 28.3. The summed E-state index contributed by atoms with van der Waals surface area (Å²) in [5, 5.41) is 9.75. The largest absolute Gasteiger partial charge is 0.497 e. The van der Waals surface area contributed by atoms with E-state index in [1.807, 2.05) is 6.92 Å². The van der Waals surface area contributed by atoms with E-state index in [9.17, 15) is 26.7 Å². The molecule has 11 nitrogen and oxygen atoms in total. The van der Waals surface area contributed by atoms with Crippen molar-refractivity contribution in [2.24, 2.45) is 5.92 Å². The second-order valence-electron chi connectivity index (χ2n) is 9.54. The first-order valence-corrected chi connectivity index (χ1v) is 15.4. The van der Waals surface area contributed by atoms with E-state index in [1.165, 1.54) is 54.9 Å². The molecule has 1 aliphatic heterocycles. The SMILES string of the molecule is COc1ccc(S(=O)(=O)Nc2ccc3c(c2)CC(=O)N([C@H](C)CO)C[C@H](C)[C@@H](CN(C)S(C)(=O)=O)O3)cc1. The highest BCUT2D eigenvalue weighted by Crippen LogP contribution is 2.30. The number of sulfonamides is 2. The summed E-state index contributed by atoms with van der Waals surface area (Å²) in [5.74, 6) is 0.318. The lowest BCUT2D eigenvalue weighted by Crippen LogP contribution is -2.48. The number of aliphatic hydroxyl groups excluding tert-OH is 1. The Kier molecular flexibility index (Phi) is 9.29. The molecule has 1 aliphatic rings. The average molecular weight is 570 g/mol. The fourth-order valence-corrected chi connectivity index (χ4v) is 5.54. The number of carbonyl (C=O) groups excluding carboxylic acids is 1. The van der Waals surface area contributed by atoms with Crippen molar-refractivity contribution in [2.75, 3.05) is 44.8 Å². The van der Waals surface area contributed by atoms with E-state index in [4.69, 9.17) is 9.47 Å². The molecular weight excluding hydrogens is 534 g/mol. The lowest BCUT2D eigenvalue weighted by atomic mass is 10.0. The maximum Gasteiger partial charge on any atom is 0.261 e. The van der Waals surface area contributed by atoms with Crippen LogP contribution in [0.15, 0.2) is 47.4 Å². The van der Waals surface area contributed by atoms with Gasteiger partial charge >= 0.3 is 0 Å². The van der Waals surface area contributed by atoms with Crippen molar-refractivity contribution in [2.45, 2.75) is 37.3 Å². The van der Waals surface area contributed by atoms with Crippen LogP contribution < -0.4 is 14.2 Å². The Balaban J connectivity index is 1.98. The molecular formula is C25H35N3O8S2. The van der Waals surface area contributed by atoms with Gasteiger partial charge in [-0.15, -0.1) is 0 Å². The van der Waals surface area contributed by atoms with Gasteiger partial charge in [-0.05, 0) is 49.4 Å². The monoisotopic (exact) mass is 569 g/mol. The molecule has 0 radical (unpaired) electrons. The van der Waals surface area contributed by atoms with Crippen LogP contribution in [-0.4, -0.2) is 89.3 Å². The minimum Gasteiger partial charge on any atom is -0.497 e. The minimum atomic E-state index is -3.93. The van der Waals surface area contributed by atoms with Gasteiger partial charge < -0.3 is 19.5 Å². The van der Waals surface area contributed by atoms with Gasteiger partial charge in [0, 0.05) is 30.8 Å². The van der Waals surface area contributed by atoms with Crippen molar-refractivity contribution in [3.63, 3.8) is 0 Å². The normalized spacial score (nSPS) is 19.6. The van der Waals surface area contributed by atoms with Crippen molar-refractivity contribution in [1.29, 1.82) is 0 Å². The topological polar surface area (TPSA) is 143 Å². The highest BCUT2D eigenvalue weighted by Gasteiger charge is 2.32. The van der Waals surface area contributed by atoms with Crippen molar-refractivity contribution in [1.82, 2.24) is 9.21 Å². The van der Waals surface area contributed by atoms with E-state index >= 15 is 0 Å². The number of nitrogens with one attached hydrogen (secondary N) is 1. The second-order valence-corrected chi connectivity index (χ2v) is 13.3. The third-order valence-electron chi connectivity index (χ3n) is 6.54. The molecule has 2 aromatic rings. The van der Waals surface area contributed by atoms with E-state index < -0.39 is 32.2 Å². The Hall–Kier alpha value is -2.87. The highest BCUT2D eigenvalue weighted by atomic mass is 32.2. The summed E-state index contributed by atoms with van der Waals surface area (Å²) in [6.07, 6.45) is 0.389. The van der Waals surface area contributed by atoms with E-state index in [1.54, 1.807) is 17.9 Å². The van der Waals surface area contributed by atoms with Gasteiger partial charge in [0.1, 0.15) is 17.6 Å². The van der Waals surface area contributed by atoms with Gasteiger partial charge in [0.2, 0.25) is 15.9 Å². The molecule has 0 fully saturated rings. The number of rotatable bonds is 9. The molecule has 1 heterocycles. The zero-order valence-electron chi connectivity index (χ0n) is 22.1. The van der Waals surface area contributed by atoms with Crippen LogP contribution in [0.25, 0.3) is 0 Å². The molecule has 1 amide bonds. The predicted octanol–water partition coefficient (Wildman–Crippen LogP) is 1.54. The van der Waals surface area contributed by atoms with Gasteiger partial charge in [-0.2, -0.15) is 0 Å². The number of aliphatic hydroxyl groups is 1. The van der Waals surface area contributed by atoms with E-state index in [0.29, 0.717) is 17.1 Å². The Morgan fingerprint density at radius 1 is 1.18 bits per heavy atom. The molecule has 38 heavy (non-hydrogen) atoms. The van der Waals surface area contributed by atoms with Gasteiger partial charge in [-0.25, -0.2) is 21.1 Å². The average Bonchev–Trinajstić information content (AvgIpc) is 2.90. The first-order chi connectivity index (χ1) is 17.7. The van der Waals surface area contributed by atoms with Gasteiger partial charge in [0.05, 0.1) is 43.9 Å². The van der Waals surface area contributed by atoms with Crippen LogP contribution in [0, 0.1) is 5.92 Å². The van der Waals surface area contributed by atoms with Crippen molar-refractivity contribution >= 4 is 31.6 Å². The molecule has 3 rings (SSSR count). The van der Waals surface area contributed by atoms with Crippen LogP contribution in [0.1, 0.15) is 19.4 Å². The van der Waals surface area contributed by atoms with Crippen LogP contribution >= 0.6 is 0 Å². The smallest absolute Gasteiger partial charge is 0.261 e. The fraction of sp³-hybridized carbons (Fsp3) is 0.480. The van der Waals surface area contributed by atoms with Crippen LogP contribution in [-0.2, 0) is 31.3 Å². The lowest BCUT2D eigenvalue weighted by molar-refractivity contribution is -0.134. The Labute approximate surface area is 224 Å². The number of hydrogen-bond acceptors (Lipinski definition) is 8. The van der Waals surface area contributed by atoms with Crippen LogP contribution in [0.3, 0.4) is 0 Å². The summed E-state index contributed by atoms with van der Waals surface area (Å²) >= 11 is 0. The van der Waals surface area contributed by atoms with Gasteiger partial charge in [0.25, 0.3) is 10.0 Å². The predicted molar refractivity (Wildman–Crippen MR) is 143 cm³/mol. The number of carbonyl (C=O) groups is 1. The number of ether oxygens (including phenoxy) is 2. The number of fused-ring (bicyclic) bond motifs is 1. The maximum atomic E-state index is 13.3. The van der Waals surface area contributed by atoms with Gasteiger partial charge in [-0.1, -0.05) is 6.92 Å². The molecule has 0 aliphatic carbocycles. The summed E-state index contributed by atoms with van der Waals surface area (Å²) in [4.78, 5) is 14.9. The first-order valence-electron chi connectivity index (χ1n) is 12.0. The van der Waals surface area contributed by atoms with Crippen molar-refractivity contribution in [3.8, 4) is 11.5 Å². The Bertz CT molecular complexity index is 1350. The Morgan fingerprint density at radius 2 is 1.84 bits per heavy atom. The standard InChI is InChI=1S/C25H35N3O8S2/c1-17-14-28(18(2)16-29)25(30)13-19-12-20(26-38(33,34)22-9-7-21(35-4)8-10-22)6-11-23(19)36-24(17)15-27(3)37(5,31)32/h6-12,17-18,24,26,29H,13-16H2,1-5H3/t17-,18+,24+/m0/s1. The van der Waals surface area contributed by atoms with Crippen LogP contribution in [0.2, 0.25) is 0 Å². The van der Waals surface area contributed by atoms with Crippen molar-refractivity contribution in [3.05, 3.63) is 48.0 Å². The van der Waals surface area contributed by atoms with E-state index in [2.05, 4.69) is 4.72 Å². The molecule has 210 valence electrons. The quantitative estimate of drug-likeness (QED) is 0.463. The summed E-state index contributed by atoms with van der Waals surface area (Å²) in [6, 6.07) is 10.1. The summed E-state index contributed by atoms with van der Waals surface area (Å²) in [5.41, 5.74) is 0.663.